The van der Waals surface area contributed by atoms with Gasteiger partial charge >= 0.3 is 0 Å². The first-order valence-electron chi connectivity index (χ1n) is 2.96. The molecule has 0 aromatic carbocycles. The van der Waals surface area contributed by atoms with Gasteiger partial charge in [0.25, 0.3) is 0 Å². The van der Waals surface area contributed by atoms with Crippen LogP contribution in [0.1, 0.15) is 6.42 Å². The average molecular weight is 130 g/mol. The molecule has 0 bridgehead atoms. The maximum atomic E-state index is 9.02. The summed E-state index contributed by atoms with van der Waals surface area (Å²) in [5, 5.41) is 17.6. The zero-order valence-corrected chi connectivity index (χ0v) is 5.08. The van der Waals surface area contributed by atoms with E-state index in [9.17, 15) is 0 Å². The number of aliphatic hydroxyl groups excluding tert-OH is 2. The van der Waals surface area contributed by atoms with Gasteiger partial charge in [0.2, 0.25) is 0 Å². The summed E-state index contributed by atoms with van der Waals surface area (Å²) in [5.74, 6) is 0. The molecule has 1 rings (SSSR count). The topological polar surface area (TPSA) is 49.7 Å². The third-order valence-electron chi connectivity index (χ3n) is 1.36. The van der Waals surface area contributed by atoms with Crippen molar-refractivity contribution < 1.29 is 14.9 Å². The van der Waals surface area contributed by atoms with Crippen molar-refractivity contribution in [1.29, 1.82) is 0 Å². The molecule has 0 aromatic rings. The normalized spacial score (nSPS) is 36.7. The summed E-state index contributed by atoms with van der Waals surface area (Å²) >= 11 is 0. The van der Waals surface area contributed by atoms with Crippen LogP contribution >= 0.6 is 0 Å². The fourth-order valence-electron chi connectivity index (χ4n) is 0.790. The van der Waals surface area contributed by atoms with Gasteiger partial charge in [-0.1, -0.05) is 0 Å². The summed E-state index contributed by atoms with van der Waals surface area (Å²) < 4.78 is 4.93. The smallest absolute Gasteiger partial charge is 0.106 e. The van der Waals surface area contributed by atoms with E-state index in [1.807, 2.05) is 0 Å². The van der Waals surface area contributed by atoms with Crippen molar-refractivity contribution in [2.24, 2.45) is 0 Å². The molecule has 1 heterocycles. The summed E-state index contributed by atoms with van der Waals surface area (Å²) in [7, 11) is 0. The van der Waals surface area contributed by atoms with Gasteiger partial charge in [0.15, 0.2) is 0 Å². The van der Waals surface area contributed by atoms with Gasteiger partial charge in [-0.2, -0.15) is 0 Å². The molecular weight excluding hydrogens is 120 g/mol. The molecule has 0 aliphatic carbocycles. The Balaban J connectivity index is 2.30. The van der Waals surface area contributed by atoms with E-state index >= 15 is 0 Å². The first-order chi connectivity index (χ1) is 4.34. The van der Waals surface area contributed by atoms with Crippen molar-refractivity contribution >= 4 is 0 Å². The van der Waals surface area contributed by atoms with Crippen LogP contribution in [-0.2, 0) is 4.74 Å². The second kappa shape index (κ2) is 3.15. The lowest BCUT2D eigenvalue weighted by atomic mass is 10.1. The Morgan fingerprint density at radius 3 is 2.89 bits per heavy atom. The van der Waals surface area contributed by atoms with Gasteiger partial charge in [-0.25, -0.2) is 0 Å². The van der Waals surface area contributed by atoms with E-state index in [-0.39, 0.29) is 6.61 Å². The molecule has 2 radical (unpaired) electrons. The van der Waals surface area contributed by atoms with E-state index in [1.54, 1.807) is 0 Å². The maximum Gasteiger partial charge on any atom is 0.106 e. The quantitative estimate of drug-likeness (QED) is 0.489. The van der Waals surface area contributed by atoms with Crippen LogP contribution in [0.4, 0.5) is 0 Å². The molecule has 0 aromatic heterocycles. The van der Waals surface area contributed by atoms with Crippen molar-refractivity contribution in [1.82, 2.24) is 0 Å². The third kappa shape index (κ3) is 1.64. The summed E-state index contributed by atoms with van der Waals surface area (Å²) in [6.07, 6.45) is 2.36. The van der Waals surface area contributed by atoms with Crippen molar-refractivity contribution in [2.45, 2.75) is 18.6 Å². The second-order valence-corrected chi connectivity index (χ2v) is 2.05. The Morgan fingerprint density at radius 1 is 1.67 bits per heavy atom. The van der Waals surface area contributed by atoms with Crippen molar-refractivity contribution in [3.63, 3.8) is 0 Å². The highest BCUT2D eigenvalue weighted by Crippen LogP contribution is 2.11. The minimum absolute atomic E-state index is 0.108. The molecule has 3 nitrogen and oxygen atoms in total. The van der Waals surface area contributed by atoms with Crippen LogP contribution in [0.15, 0.2) is 0 Å². The Morgan fingerprint density at radius 2 is 2.44 bits per heavy atom. The van der Waals surface area contributed by atoms with Crippen LogP contribution in [0.25, 0.3) is 0 Å². The number of hydrogen-bond donors (Lipinski definition) is 2. The number of aliphatic hydroxyl groups is 2. The lowest BCUT2D eigenvalue weighted by Crippen LogP contribution is -2.36. The summed E-state index contributed by atoms with van der Waals surface area (Å²) in [5.41, 5.74) is 0. The Bertz CT molecular complexity index is 84.4. The molecule has 1 aliphatic heterocycles. The first-order valence-corrected chi connectivity index (χ1v) is 2.96. The molecule has 9 heavy (non-hydrogen) atoms. The Labute approximate surface area is 54.3 Å². The highest BCUT2D eigenvalue weighted by molar-refractivity contribution is 4.81. The highest BCUT2D eigenvalue weighted by Gasteiger charge is 2.22. The maximum absolute atomic E-state index is 9.02. The molecule has 0 spiro atoms. The zero-order chi connectivity index (χ0) is 6.69. The molecule has 1 saturated heterocycles. The Kier molecular flexibility index (Phi) is 2.45. The van der Waals surface area contributed by atoms with E-state index < -0.39 is 12.2 Å². The minimum atomic E-state index is -0.566. The van der Waals surface area contributed by atoms with E-state index in [0.29, 0.717) is 13.0 Å². The highest BCUT2D eigenvalue weighted by atomic mass is 16.5. The van der Waals surface area contributed by atoms with Crippen LogP contribution < -0.4 is 0 Å². The van der Waals surface area contributed by atoms with Crippen molar-refractivity contribution in [2.75, 3.05) is 13.2 Å². The lowest BCUT2D eigenvalue weighted by Gasteiger charge is -2.25. The van der Waals surface area contributed by atoms with Gasteiger partial charge in [-0.15, -0.1) is 0 Å². The van der Waals surface area contributed by atoms with Crippen LogP contribution in [0, 0.1) is 6.42 Å². The van der Waals surface area contributed by atoms with Gasteiger partial charge in [-0.3, -0.25) is 0 Å². The van der Waals surface area contributed by atoms with Crippen LogP contribution in [0.3, 0.4) is 0 Å². The number of ether oxygens (including phenoxy) is 1. The predicted molar refractivity (Wildman–Crippen MR) is 30.7 cm³/mol. The first kappa shape index (κ1) is 6.99. The van der Waals surface area contributed by atoms with E-state index in [4.69, 9.17) is 14.9 Å². The fourth-order valence-corrected chi connectivity index (χ4v) is 0.790. The predicted octanol–water partition coefficient (Wildman–Crippen LogP) is -0.790. The molecule has 1 fully saturated rings. The van der Waals surface area contributed by atoms with Crippen molar-refractivity contribution in [3.8, 4) is 0 Å². The molecule has 0 unspecified atom stereocenters. The standard InChI is InChI=1S/C6H10O3/c7-4-6-5(8)2-1-3-9-6/h5-8H,2-4H2/t5-,6+/m0/s1. The molecule has 1 aliphatic rings. The zero-order valence-electron chi connectivity index (χ0n) is 5.08. The van der Waals surface area contributed by atoms with E-state index in [2.05, 4.69) is 6.42 Å². The molecule has 0 amide bonds. The molecule has 0 saturated carbocycles. The van der Waals surface area contributed by atoms with Gasteiger partial charge in [0, 0.05) is 6.42 Å². The van der Waals surface area contributed by atoms with Gasteiger partial charge in [0.1, 0.15) is 6.10 Å². The molecule has 2 atom stereocenters. The van der Waals surface area contributed by atoms with Gasteiger partial charge < -0.3 is 14.9 Å². The molecule has 3 heteroatoms. The average Bonchev–Trinajstić information content (AvgIpc) is 1.89. The minimum Gasteiger partial charge on any atom is -0.394 e. The summed E-state index contributed by atoms with van der Waals surface area (Å²) in [4.78, 5) is 0. The fraction of sp³-hybridized carbons (Fsp3) is 0.833. The van der Waals surface area contributed by atoms with E-state index in [0.717, 1.165) is 0 Å². The SMILES string of the molecule is OC[C@H]1OC[C]C[C@@H]1O. The lowest BCUT2D eigenvalue weighted by molar-refractivity contribution is -0.0771. The third-order valence-corrected chi connectivity index (χ3v) is 1.36. The van der Waals surface area contributed by atoms with Gasteiger partial charge in [-0.05, 0) is 6.42 Å². The molecule has 52 valence electrons. The van der Waals surface area contributed by atoms with E-state index in [1.165, 1.54) is 0 Å². The van der Waals surface area contributed by atoms with Gasteiger partial charge in [0.05, 0.1) is 19.3 Å². The monoisotopic (exact) mass is 130 g/mol. The largest absolute Gasteiger partial charge is 0.394 e. The molecule has 2 N–H and O–H groups in total. The Hall–Kier alpha value is -0.120. The molecular formula is C6H10O3. The number of rotatable bonds is 1. The summed E-state index contributed by atoms with van der Waals surface area (Å²) in [6.45, 7) is 0.311. The van der Waals surface area contributed by atoms with Crippen molar-refractivity contribution in [3.05, 3.63) is 6.42 Å². The van der Waals surface area contributed by atoms with Crippen LogP contribution in [0.2, 0.25) is 0 Å². The number of hydrogen-bond acceptors (Lipinski definition) is 3. The summed E-state index contributed by atoms with van der Waals surface area (Å²) in [6, 6.07) is 0. The second-order valence-electron chi connectivity index (χ2n) is 2.05. The van der Waals surface area contributed by atoms with Crippen LogP contribution in [0.5, 0.6) is 0 Å². The van der Waals surface area contributed by atoms with Crippen LogP contribution in [-0.4, -0.2) is 35.6 Å².